The normalized spacial score (nSPS) is 9.87. The van der Waals surface area contributed by atoms with Crippen molar-refractivity contribution >= 4 is 23.7 Å². The first-order valence-electron chi connectivity index (χ1n) is 4.17. The minimum Gasteiger partial charge on any atom is -0.272 e. The van der Waals surface area contributed by atoms with Gasteiger partial charge in [0.2, 0.25) is 0 Å². The molecule has 0 aromatic heterocycles. The van der Waals surface area contributed by atoms with Gasteiger partial charge in [-0.05, 0) is 17.7 Å². The highest BCUT2D eigenvalue weighted by atomic mass is 35.5. The number of amides is 1. The average Bonchev–Trinajstić information content (AvgIpc) is 2.18. The van der Waals surface area contributed by atoms with Crippen molar-refractivity contribution in [1.29, 1.82) is 5.26 Å². The van der Waals surface area contributed by atoms with Crippen LogP contribution in [0.5, 0.6) is 0 Å². The standard InChI is InChI=1S/C10H8ClN3O/c11-9-3-1-2-8(6-9)7-13-14-10(15)4-5-12/h1-3,6-7H,4H2,(H,14,15)/b13-7-. The van der Waals surface area contributed by atoms with Crippen molar-refractivity contribution in [3.8, 4) is 6.07 Å². The van der Waals surface area contributed by atoms with Crippen molar-refractivity contribution in [2.45, 2.75) is 6.42 Å². The minimum absolute atomic E-state index is 0.202. The molecule has 0 atom stereocenters. The summed E-state index contributed by atoms with van der Waals surface area (Å²) in [5.74, 6) is -0.434. The zero-order valence-electron chi connectivity index (χ0n) is 7.77. The van der Waals surface area contributed by atoms with Crippen molar-refractivity contribution < 1.29 is 4.79 Å². The summed E-state index contributed by atoms with van der Waals surface area (Å²) in [5.41, 5.74) is 2.99. The molecule has 15 heavy (non-hydrogen) atoms. The first-order chi connectivity index (χ1) is 7.22. The fraction of sp³-hybridized carbons (Fsp3) is 0.100. The Hall–Kier alpha value is -1.86. The molecule has 0 radical (unpaired) electrons. The predicted octanol–water partition coefficient (Wildman–Crippen LogP) is 1.70. The van der Waals surface area contributed by atoms with E-state index in [2.05, 4.69) is 10.5 Å². The molecule has 0 saturated carbocycles. The van der Waals surface area contributed by atoms with Gasteiger partial charge in [-0.25, -0.2) is 5.43 Å². The highest BCUT2D eigenvalue weighted by Crippen LogP contribution is 2.08. The number of nitriles is 1. The van der Waals surface area contributed by atoms with E-state index < -0.39 is 5.91 Å². The van der Waals surface area contributed by atoms with Gasteiger partial charge < -0.3 is 0 Å². The number of hydrogen-bond acceptors (Lipinski definition) is 3. The number of hydrogen-bond donors (Lipinski definition) is 1. The fourth-order valence-electron chi connectivity index (χ4n) is 0.877. The molecule has 0 aliphatic heterocycles. The summed E-state index contributed by atoms with van der Waals surface area (Å²) in [6.45, 7) is 0. The number of nitrogens with one attached hydrogen (secondary N) is 1. The fourth-order valence-corrected chi connectivity index (χ4v) is 1.08. The summed E-state index contributed by atoms with van der Waals surface area (Å²) >= 11 is 5.74. The summed E-state index contributed by atoms with van der Waals surface area (Å²) in [6.07, 6.45) is 1.26. The lowest BCUT2D eigenvalue weighted by molar-refractivity contribution is -0.120. The molecule has 1 aromatic carbocycles. The molecule has 1 N–H and O–H groups in total. The van der Waals surface area contributed by atoms with Crippen molar-refractivity contribution in [1.82, 2.24) is 5.43 Å². The van der Waals surface area contributed by atoms with Crippen LogP contribution in [0.2, 0.25) is 5.02 Å². The molecular weight excluding hydrogens is 214 g/mol. The first kappa shape index (κ1) is 11.2. The number of rotatable bonds is 3. The highest BCUT2D eigenvalue weighted by Gasteiger charge is 1.95. The minimum atomic E-state index is -0.434. The number of halogens is 1. The summed E-state index contributed by atoms with van der Waals surface area (Å²) in [5, 5.41) is 12.5. The monoisotopic (exact) mass is 221 g/mol. The van der Waals surface area contributed by atoms with E-state index in [9.17, 15) is 4.79 Å². The van der Waals surface area contributed by atoms with Crippen LogP contribution in [0.15, 0.2) is 29.4 Å². The van der Waals surface area contributed by atoms with E-state index in [1.165, 1.54) is 6.21 Å². The Morgan fingerprint density at radius 3 is 3.13 bits per heavy atom. The Labute approximate surface area is 92.2 Å². The van der Waals surface area contributed by atoms with Crippen LogP contribution in [0, 0.1) is 11.3 Å². The van der Waals surface area contributed by atoms with E-state index in [1.54, 1.807) is 30.3 Å². The molecular formula is C10H8ClN3O. The quantitative estimate of drug-likeness (QED) is 0.624. The van der Waals surface area contributed by atoms with Gasteiger partial charge in [-0.2, -0.15) is 10.4 Å². The SMILES string of the molecule is N#CCC(=O)N/N=C\c1cccc(Cl)c1. The molecule has 0 fully saturated rings. The number of nitrogens with zero attached hydrogens (tertiary/aromatic N) is 2. The van der Waals surface area contributed by atoms with Crippen molar-refractivity contribution in [3.05, 3.63) is 34.9 Å². The molecule has 5 heteroatoms. The third kappa shape index (κ3) is 4.25. The van der Waals surface area contributed by atoms with E-state index in [0.29, 0.717) is 5.02 Å². The molecule has 0 heterocycles. The second kappa shape index (κ2) is 5.78. The maximum atomic E-state index is 10.8. The molecule has 0 unspecified atom stereocenters. The molecule has 0 bridgehead atoms. The Morgan fingerprint density at radius 1 is 1.67 bits per heavy atom. The summed E-state index contributed by atoms with van der Waals surface area (Å²) < 4.78 is 0. The van der Waals surface area contributed by atoms with E-state index in [-0.39, 0.29) is 6.42 Å². The maximum absolute atomic E-state index is 10.8. The van der Waals surface area contributed by atoms with E-state index in [4.69, 9.17) is 16.9 Å². The van der Waals surface area contributed by atoms with Gasteiger partial charge in [0.05, 0.1) is 12.3 Å². The lowest BCUT2D eigenvalue weighted by atomic mass is 10.2. The van der Waals surface area contributed by atoms with Crippen LogP contribution in [0.1, 0.15) is 12.0 Å². The van der Waals surface area contributed by atoms with Crippen LogP contribution in [-0.2, 0) is 4.79 Å². The predicted molar refractivity (Wildman–Crippen MR) is 57.4 cm³/mol. The van der Waals surface area contributed by atoms with Gasteiger partial charge >= 0.3 is 0 Å². The third-order valence-corrected chi connectivity index (χ3v) is 1.73. The van der Waals surface area contributed by atoms with Crippen LogP contribution in [0.4, 0.5) is 0 Å². The number of carbonyl (C=O) groups excluding carboxylic acids is 1. The Balaban J connectivity index is 2.52. The molecule has 1 aromatic rings. The van der Waals surface area contributed by atoms with Crippen LogP contribution >= 0.6 is 11.6 Å². The van der Waals surface area contributed by atoms with Crippen LogP contribution < -0.4 is 5.43 Å². The summed E-state index contributed by atoms with van der Waals surface area (Å²) in [7, 11) is 0. The smallest absolute Gasteiger partial charge is 0.254 e. The van der Waals surface area contributed by atoms with Gasteiger partial charge in [0.1, 0.15) is 6.42 Å². The lowest BCUT2D eigenvalue weighted by Crippen LogP contribution is -2.16. The van der Waals surface area contributed by atoms with E-state index >= 15 is 0 Å². The molecule has 0 aliphatic rings. The molecule has 0 saturated heterocycles. The average molecular weight is 222 g/mol. The third-order valence-electron chi connectivity index (χ3n) is 1.49. The van der Waals surface area contributed by atoms with Gasteiger partial charge in [-0.3, -0.25) is 4.79 Å². The number of benzene rings is 1. The van der Waals surface area contributed by atoms with E-state index in [0.717, 1.165) is 5.56 Å². The summed E-state index contributed by atoms with van der Waals surface area (Å²) in [4.78, 5) is 10.8. The van der Waals surface area contributed by atoms with Gasteiger partial charge in [0.15, 0.2) is 0 Å². The molecule has 4 nitrogen and oxygen atoms in total. The number of hydrazone groups is 1. The van der Waals surface area contributed by atoms with Crippen molar-refractivity contribution in [3.63, 3.8) is 0 Å². The Kier molecular flexibility index (Phi) is 4.32. The van der Waals surface area contributed by atoms with Gasteiger partial charge in [0.25, 0.3) is 5.91 Å². The molecule has 1 amide bonds. The first-order valence-corrected chi connectivity index (χ1v) is 4.54. The molecule has 0 aliphatic carbocycles. The van der Waals surface area contributed by atoms with Gasteiger partial charge in [-0.1, -0.05) is 23.7 Å². The molecule has 0 spiro atoms. The zero-order valence-corrected chi connectivity index (χ0v) is 8.53. The molecule has 76 valence electrons. The van der Waals surface area contributed by atoms with Crippen LogP contribution in [0.25, 0.3) is 0 Å². The van der Waals surface area contributed by atoms with Crippen LogP contribution in [-0.4, -0.2) is 12.1 Å². The Morgan fingerprint density at radius 2 is 2.47 bits per heavy atom. The van der Waals surface area contributed by atoms with Crippen molar-refractivity contribution in [2.75, 3.05) is 0 Å². The van der Waals surface area contributed by atoms with Gasteiger partial charge in [-0.15, -0.1) is 0 Å². The second-order valence-electron chi connectivity index (χ2n) is 2.68. The lowest BCUT2D eigenvalue weighted by Gasteiger charge is -1.94. The van der Waals surface area contributed by atoms with Crippen LogP contribution in [0.3, 0.4) is 0 Å². The summed E-state index contributed by atoms with van der Waals surface area (Å²) in [6, 6.07) is 8.75. The number of carbonyl (C=O) groups is 1. The highest BCUT2D eigenvalue weighted by molar-refractivity contribution is 6.30. The van der Waals surface area contributed by atoms with E-state index in [1.807, 2.05) is 0 Å². The topological polar surface area (TPSA) is 65.2 Å². The maximum Gasteiger partial charge on any atom is 0.254 e. The zero-order chi connectivity index (χ0) is 11.1. The second-order valence-corrected chi connectivity index (χ2v) is 3.12. The van der Waals surface area contributed by atoms with Gasteiger partial charge in [0, 0.05) is 5.02 Å². The Bertz CT molecular complexity index is 423. The van der Waals surface area contributed by atoms with Crippen molar-refractivity contribution in [2.24, 2.45) is 5.10 Å². The molecule has 1 rings (SSSR count). The largest absolute Gasteiger partial charge is 0.272 e.